The van der Waals surface area contributed by atoms with Crippen molar-refractivity contribution in [1.82, 2.24) is 0 Å². The van der Waals surface area contributed by atoms with Crippen LogP contribution in [0.4, 0.5) is 5.69 Å². The zero-order valence-corrected chi connectivity index (χ0v) is 10.6. The number of hydrogen-bond acceptors (Lipinski definition) is 4. The topological polar surface area (TPSA) is 74.0 Å². The van der Waals surface area contributed by atoms with Gasteiger partial charge in [0.2, 0.25) is 0 Å². The van der Waals surface area contributed by atoms with Crippen molar-refractivity contribution in [2.75, 3.05) is 0 Å². The first-order valence-electron chi connectivity index (χ1n) is 6.27. The molecule has 1 heterocycles. The van der Waals surface area contributed by atoms with Crippen molar-refractivity contribution in [3.63, 3.8) is 0 Å². The van der Waals surface area contributed by atoms with Gasteiger partial charge in [-0.1, -0.05) is 18.2 Å². The number of quaternary nitrogens is 1. The molecule has 1 aliphatic rings. The number of ether oxygens (including phenoxy) is 1. The largest absolute Gasteiger partial charge is 0.595 e. The van der Waals surface area contributed by atoms with Crippen molar-refractivity contribution in [2.45, 2.75) is 12.5 Å². The van der Waals surface area contributed by atoms with Crippen LogP contribution < -0.4 is 5.23 Å². The second-order valence-corrected chi connectivity index (χ2v) is 4.68. The lowest BCUT2D eigenvalue weighted by Gasteiger charge is -2.25. The Morgan fingerprint density at radius 1 is 1.15 bits per heavy atom. The third-order valence-corrected chi connectivity index (χ3v) is 3.42. The van der Waals surface area contributed by atoms with Gasteiger partial charge in [-0.25, -0.2) is 10.0 Å². The highest BCUT2D eigenvalue weighted by atomic mass is 16.8. The van der Waals surface area contributed by atoms with E-state index in [1.165, 1.54) is 12.1 Å². The molecule has 5 heteroatoms. The summed E-state index contributed by atoms with van der Waals surface area (Å²) >= 11 is 0. The number of benzene rings is 2. The SMILES string of the molecule is O=C1O[C@@H](c2ccc([NH+]([O-])O)cc2)Cc2ccccc21. The number of cyclic esters (lactones) is 1. The van der Waals surface area contributed by atoms with Gasteiger partial charge in [-0.3, -0.25) is 0 Å². The predicted molar refractivity (Wildman–Crippen MR) is 70.5 cm³/mol. The molecule has 2 aromatic rings. The molecule has 0 radical (unpaired) electrons. The Bertz CT molecular complexity index is 637. The van der Waals surface area contributed by atoms with E-state index < -0.39 is 5.23 Å². The summed E-state index contributed by atoms with van der Waals surface area (Å²) < 4.78 is 5.41. The molecular formula is C15H13NO4. The standard InChI is InChI=1S/C15H13NO4/c17-15-13-4-2-1-3-11(13)9-14(20-15)10-5-7-12(8-6-10)16(18)19/h1-8,14,16,18H,9H2/t14-/m1/s1. The van der Waals surface area contributed by atoms with E-state index in [2.05, 4.69) is 0 Å². The van der Waals surface area contributed by atoms with E-state index in [1.54, 1.807) is 18.2 Å². The quantitative estimate of drug-likeness (QED) is 0.642. The van der Waals surface area contributed by atoms with Gasteiger partial charge in [-0.15, -0.1) is 0 Å². The first-order chi connectivity index (χ1) is 9.65. The van der Waals surface area contributed by atoms with E-state index in [0.717, 1.165) is 11.1 Å². The molecule has 1 aliphatic heterocycles. The lowest BCUT2D eigenvalue weighted by Crippen LogP contribution is -2.99. The summed E-state index contributed by atoms with van der Waals surface area (Å²) in [6.07, 6.45) is 0.245. The van der Waals surface area contributed by atoms with Crippen LogP contribution in [0.2, 0.25) is 0 Å². The second-order valence-electron chi connectivity index (χ2n) is 4.68. The molecule has 0 saturated carbocycles. The van der Waals surface area contributed by atoms with Crippen LogP contribution >= 0.6 is 0 Å². The van der Waals surface area contributed by atoms with Gasteiger partial charge >= 0.3 is 5.97 Å². The maximum Gasteiger partial charge on any atom is 0.339 e. The lowest BCUT2D eigenvalue weighted by molar-refractivity contribution is -0.991. The molecular weight excluding hydrogens is 258 g/mol. The van der Waals surface area contributed by atoms with Crippen LogP contribution in [-0.2, 0) is 11.2 Å². The van der Waals surface area contributed by atoms with Crippen LogP contribution in [-0.4, -0.2) is 11.2 Å². The summed E-state index contributed by atoms with van der Waals surface area (Å²) in [6, 6.07) is 13.8. The minimum atomic E-state index is -0.970. The van der Waals surface area contributed by atoms with Crippen LogP contribution in [0.25, 0.3) is 0 Å². The number of rotatable bonds is 2. The summed E-state index contributed by atoms with van der Waals surface area (Å²) in [5, 5.41) is 18.7. The van der Waals surface area contributed by atoms with Crippen molar-refractivity contribution < 1.29 is 20.0 Å². The van der Waals surface area contributed by atoms with Gasteiger partial charge in [0.1, 0.15) is 6.10 Å². The van der Waals surface area contributed by atoms with Gasteiger partial charge in [0.25, 0.3) is 0 Å². The summed E-state index contributed by atoms with van der Waals surface area (Å²) in [7, 11) is 0. The summed E-state index contributed by atoms with van der Waals surface area (Å²) in [5.74, 6) is -0.334. The third-order valence-electron chi connectivity index (χ3n) is 3.42. The number of esters is 1. The van der Waals surface area contributed by atoms with Crippen LogP contribution in [0.15, 0.2) is 48.5 Å². The molecule has 0 spiro atoms. The number of hydrogen-bond donors (Lipinski definition) is 2. The maximum atomic E-state index is 11.9. The highest BCUT2D eigenvalue weighted by Gasteiger charge is 2.27. The highest BCUT2D eigenvalue weighted by Crippen LogP contribution is 2.30. The molecule has 0 aromatic heterocycles. The Morgan fingerprint density at radius 3 is 2.55 bits per heavy atom. The average Bonchev–Trinajstić information content (AvgIpc) is 2.47. The van der Waals surface area contributed by atoms with Crippen molar-refractivity contribution >= 4 is 11.7 Å². The van der Waals surface area contributed by atoms with Crippen molar-refractivity contribution in [3.8, 4) is 0 Å². The van der Waals surface area contributed by atoms with Crippen LogP contribution in [0.3, 0.4) is 0 Å². The zero-order valence-electron chi connectivity index (χ0n) is 10.6. The molecule has 2 atom stereocenters. The van der Waals surface area contributed by atoms with Gasteiger partial charge in [0.15, 0.2) is 5.69 Å². The summed E-state index contributed by atoms with van der Waals surface area (Å²) in [4.78, 5) is 11.9. The molecule has 2 aromatic carbocycles. The van der Waals surface area contributed by atoms with Crippen LogP contribution in [0.1, 0.15) is 27.6 Å². The van der Waals surface area contributed by atoms with E-state index >= 15 is 0 Å². The van der Waals surface area contributed by atoms with Crippen molar-refractivity contribution in [3.05, 3.63) is 70.4 Å². The summed E-state index contributed by atoms with van der Waals surface area (Å²) in [6.45, 7) is 0. The van der Waals surface area contributed by atoms with Crippen molar-refractivity contribution in [1.29, 1.82) is 0 Å². The molecule has 2 N–H and O–H groups in total. The Hall–Kier alpha value is -2.21. The van der Waals surface area contributed by atoms with E-state index in [9.17, 15) is 10.0 Å². The van der Waals surface area contributed by atoms with E-state index in [0.29, 0.717) is 12.0 Å². The highest BCUT2D eigenvalue weighted by molar-refractivity contribution is 5.92. The van der Waals surface area contributed by atoms with Gasteiger partial charge in [0, 0.05) is 18.6 Å². The molecule has 0 amide bonds. The molecule has 0 fully saturated rings. The second kappa shape index (κ2) is 5.05. The Balaban J connectivity index is 1.88. The molecule has 5 nitrogen and oxygen atoms in total. The number of fused-ring (bicyclic) bond motifs is 1. The smallest absolute Gasteiger partial charge is 0.339 e. The normalized spacial score (nSPS) is 19.1. The van der Waals surface area contributed by atoms with Crippen LogP contribution in [0, 0.1) is 5.21 Å². The molecule has 20 heavy (non-hydrogen) atoms. The van der Waals surface area contributed by atoms with Crippen LogP contribution in [0.5, 0.6) is 0 Å². The lowest BCUT2D eigenvalue weighted by atomic mass is 9.95. The summed E-state index contributed by atoms with van der Waals surface area (Å²) in [5.41, 5.74) is 2.58. The van der Waals surface area contributed by atoms with Gasteiger partial charge in [-0.2, -0.15) is 5.23 Å². The molecule has 0 saturated heterocycles. The number of nitrogens with one attached hydrogen (secondary N) is 1. The number of carbonyl (C=O) groups is 1. The van der Waals surface area contributed by atoms with Gasteiger partial charge < -0.3 is 9.94 Å². The first kappa shape index (κ1) is 12.8. The first-order valence-corrected chi connectivity index (χ1v) is 6.27. The fraction of sp³-hybridized carbons (Fsp3) is 0.133. The average molecular weight is 271 g/mol. The Kier molecular flexibility index (Phi) is 3.23. The third kappa shape index (κ3) is 2.30. The van der Waals surface area contributed by atoms with E-state index in [4.69, 9.17) is 9.94 Å². The minimum absolute atomic E-state index is 0.219. The van der Waals surface area contributed by atoms with Gasteiger partial charge in [0.05, 0.1) is 5.56 Å². The number of carbonyl (C=O) groups excluding carboxylic acids is 1. The van der Waals surface area contributed by atoms with E-state index in [1.807, 2.05) is 18.2 Å². The fourth-order valence-electron chi connectivity index (χ4n) is 2.36. The Morgan fingerprint density at radius 2 is 1.85 bits per heavy atom. The molecule has 102 valence electrons. The Labute approximate surface area is 115 Å². The van der Waals surface area contributed by atoms with Crippen molar-refractivity contribution in [2.24, 2.45) is 0 Å². The predicted octanol–water partition coefficient (Wildman–Crippen LogP) is 1.54. The van der Waals surface area contributed by atoms with E-state index in [-0.39, 0.29) is 17.8 Å². The maximum absolute atomic E-state index is 11.9. The molecule has 1 unspecified atom stereocenters. The zero-order chi connectivity index (χ0) is 14.1. The molecule has 0 aliphatic carbocycles. The van der Waals surface area contributed by atoms with Gasteiger partial charge in [-0.05, 0) is 29.3 Å². The monoisotopic (exact) mass is 271 g/mol. The minimum Gasteiger partial charge on any atom is -0.595 e. The fourth-order valence-corrected chi connectivity index (χ4v) is 2.36. The molecule has 3 rings (SSSR count). The molecule has 0 bridgehead atoms.